The number of nitrogens with two attached hydrogens (primary N) is 1. The Morgan fingerprint density at radius 1 is 1.15 bits per heavy atom. The molecule has 3 aromatic rings. The molecule has 10 nitrogen and oxygen atoms in total. The maximum absolute atomic E-state index is 12.2. The van der Waals surface area contributed by atoms with E-state index in [0.717, 1.165) is 17.1 Å². The van der Waals surface area contributed by atoms with Gasteiger partial charge in [0.1, 0.15) is 18.2 Å². The lowest BCUT2D eigenvalue weighted by Gasteiger charge is -2.23. The average Bonchev–Trinajstić information content (AvgIpc) is 3.21. The number of hydrogen-bond donors (Lipinski definition) is 2. The minimum absolute atomic E-state index is 0.0430. The van der Waals surface area contributed by atoms with Gasteiger partial charge in [0, 0.05) is 37.6 Å². The number of benzene rings is 1. The van der Waals surface area contributed by atoms with Crippen molar-refractivity contribution >= 4 is 34.9 Å². The highest BCUT2D eigenvalue weighted by Crippen LogP contribution is 2.26. The van der Waals surface area contributed by atoms with Crippen LogP contribution in [0.15, 0.2) is 48.9 Å². The fourth-order valence-corrected chi connectivity index (χ4v) is 3.54. The molecule has 0 radical (unpaired) electrons. The largest absolute Gasteiger partial charge is 0.447 e. The van der Waals surface area contributed by atoms with Crippen molar-refractivity contribution in [2.45, 2.75) is 26.3 Å². The molecule has 1 fully saturated rings. The van der Waals surface area contributed by atoms with Crippen molar-refractivity contribution in [2.24, 2.45) is 5.92 Å². The molecule has 172 valence electrons. The normalized spacial score (nSPS) is 15.6. The summed E-state index contributed by atoms with van der Waals surface area (Å²) in [6.45, 7) is 5.02. The van der Waals surface area contributed by atoms with E-state index in [4.69, 9.17) is 10.5 Å². The van der Waals surface area contributed by atoms with Crippen LogP contribution in [0, 0.1) is 5.92 Å². The number of anilines is 5. The van der Waals surface area contributed by atoms with E-state index < -0.39 is 0 Å². The molecule has 0 unspecified atom stereocenters. The highest BCUT2D eigenvalue weighted by atomic mass is 16.6. The molecular weight excluding hydrogens is 420 g/mol. The number of cyclic esters (lactones) is 1. The van der Waals surface area contributed by atoms with Crippen LogP contribution in [0.5, 0.6) is 0 Å². The monoisotopic (exact) mass is 448 g/mol. The molecule has 3 N–H and O–H groups in total. The Morgan fingerprint density at radius 3 is 2.58 bits per heavy atom. The van der Waals surface area contributed by atoms with E-state index in [0.29, 0.717) is 37.2 Å². The van der Waals surface area contributed by atoms with Crippen LogP contribution in [0.1, 0.15) is 19.7 Å². The zero-order valence-electron chi connectivity index (χ0n) is 19.0. The van der Waals surface area contributed by atoms with Crippen LogP contribution in [0.25, 0.3) is 0 Å². The molecule has 0 saturated carbocycles. The second-order valence-electron chi connectivity index (χ2n) is 8.18. The van der Waals surface area contributed by atoms with Gasteiger partial charge in [-0.15, -0.1) is 0 Å². The van der Waals surface area contributed by atoms with Gasteiger partial charge in [-0.3, -0.25) is 4.90 Å². The highest BCUT2D eigenvalue weighted by Gasteiger charge is 2.37. The van der Waals surface area contributed by atoms with E-state index in [1.165, 1.54) is 0 Å². The number of amides is 1. The van der Waals surface area contributed by atoms with Gasteiger partial charge in [0.2, 0.25) is 5.95 Å². The number of nitrogen functional groups attached to an aromatic ring is 1. The molecule has 1 aromatic carbocycles. The number of carbonyl (C=O) groups excluding carboxylic acids is 1. The van der Waals surface area contributed by atoms with Crippen LogP contribution >= 0.6 is 0 Å². The van der Waals surface area contributed by atoms with Crippen molar-refractivity contribution in [2.75, 3.05) is 41.0 Å². The summed E-state index contributed by atoms with van der Waals surface area (Å²) < 4.78 is 5.21. The van der Waals surface area contributed by atoms with Gasteiger partial charge in [0.15, 0.2) is 0 Å². The molecule has 0 bridgehead atoms. The van der Waals surface area contributed by atoms with Crippen LogP contribution in [0.2, 0.25) is 0 Å². The van der Waals surface area contributed by atoms with Crippen molar-refractivity contribution in [3.8, 4) is 0 Å². The van der Waals surface area contributed by atoms with E-state index in [2.05, 4.69) is 39.1 Å². The third kappa shape index (κ3) is 5.11. The topological polar surface area (TPSA) is 122 Å². The summed E-state index contributed by atoms with van der Waals surface area (Å²) in [5, 5.41) is 3.18. The predicted molar refractivity (Wildman–Crippen MR) is 128 cm³/mol. The second kappa shape index (κ2) is 9.68. The fraction of sp³-hybridized carbons (Fsp3) is 0.348. The molecule has 0 spiro atoms. The Labute approximate surface area is 192 Å². The van der Waals surface area contributed by atoms with E-state index in [1.54, 1.807) is 29.6 Å². The first-order valence-corrected chi connectivity index (χ1v) is 10.9. The van der Waals surface area contributed by atoms with Crippen LogP contribution in [-0.4, -0.2) is 52.3 Å². The van der Waals surface area contributed by atoms with Gasteiger partial charge < -0.3 is 20.7 Å². The van der Waals surface area contributed by atoms with Crippen LogP contribution in [-0.2, 0) is 11.2 Å². The van der Waals surface area contributed by atoms with Crippen molar-refractivity contribution < 1.29 is 9.53 Å². The van der Waals surface area contributed by atoms with Gasteiger partial charge in [0.25, 0.3) is 0 Å². The summed E-state index contributed by atoms with van der Waals surface area (Å²) in [6, 6.07) is 9.29. The van der Waals surface area contributed by atoms with Gasteiger partial charge in [-0.05, 0) is 36.2 Å². The van der Waals surface area contributed by atoms with Gasteiger partial charge in [-0.25, -0.2) is 19.7 Å². The molecule has 1 saturated heterocycles. The molecule has 1 aliphatic rings. The number of hydrogen-bond acceptors (Lipinski definition) is 9. The van der Waals surface area contributed by atoms with Gasteiger partial charge in [-0.1, -0.05) is 13.8 Å². The molecular formula is C23H28N8O2. The Balaban J connectivity index is 1.34. The predicted octanol–water partition coefficient (Wildman–Crippen LogP) is 3.25. The Morgan fingerprint density at radius 2 is 1.88 bits per heavy atom. The molecule has 1 atom stereocenters. The lowest BCUT2D eigenvalue weighted by molar-refractivity contribution is 0.177. The molecule has 1 amide bonds. The van der Waals surface area contributed by atoms with E-state index >= 15 is 0 Å². The average molecular weight is 449 g/mol. The second-order valence-corrected chi connectivity index (χ2v) is 8.18. The molecule has 33 heavy (non-hydrogen) atoms. The Hall–Kier alpha value is -3.95. The van der Waals surface area contributed by atoms with Crippen molar-refractivity contribution in [1.82, 2.24) is 19.9 Å². The molecule has 10 heteroatoms. The lowest BCUT2D eigenvalue weighted by atomic mass is 10.0. The van der Waals surface area contributed by atoms with E-state index in [1.807, 2.05) is 36.2 Å². The molecule has 0 aliphatic carbocycles. The third-order valence-electron chi connectivity index (χ3n) is 5.55. The number of nitrogens with zero attached hydrogens (tertiary/aromatic N) is 6. The summed E-state index contributed by atoms with van der Waals surface area (Å²) >= 11 is 0. The summed E-state index contributed by atoms with van der Waals surface area (Å²) in [7, 11) is 1.95. The molecule has 4 rings (SSSR count). The summed E-state index contributed by atoms with van der Waals surface area (Å²) in [6.07, 6.45) is 5.43. The van der Waals surface area contributed by atoms with Crippen LogP contribution in [0.4, 0.5) is 33.6 Å². The van der Waals surface area contributed by atoms with Crippen LogP contribution in [0.3, 0.4) is 0 Å². The number of ether oxygens (including phenoxy) is 1. The first-order chi connectivity index (χ1) is 15.9. The van der Waals surface area contributed by atoms with Crippen molar-refractivity contribution in [1.29, 1.82) is 0 Å². The van der Waals surface area contributed by atoms with Gasteiger partial charge in [-0.2, -0.15) is 4.98 Å². The first kappa shape index (κ1) is 22.3. The number of rotatable bonds is 8. The standard InChI is InChI=1S/C23H28N8O2/c1-15(2)19-14-33-23(32)31(19)21-9-11-26-22(29-21)25-10-8-20-27-12-18(13-28-20)30(3)17-6-4-16(24)5-7-17/h4-7,9,11-13,15,19H,8,10,14,24H2,1-3H3,(H,25,26,29)/t19-/m1/s1. The number of nitrogens with one attached hydrogen (secondary N) is 1. The summed E-state index contributed by atoms with van der Waals surface area (Å²) in [5.41, 5.74) is 8.36. The van der Waals surface area contributed by atoms with Crippen LogP contribution < -0.4 is 20.9 Å². The lowest BCUT2D eigenvalue weighted by Crippen LogP contribution is -2.37. The minimum Gasteiger partial charge on any atom is -0.447 e. The number of aromatic nitrogens is 4. The Bertz CT molecular complexity index is 1090. The fourth-order valence-electron chi connectivity index (χ4n) is 3.54. The maximum atomic E-state index is 12.2. The van der Waals surface area contributed by atoms with Crippen molar-refractivity contribution in [3.63, 3.8) is 0 Å². The summed E-state index contributed by atoms with van der Waals surface area (Å²) in [4.78, 5) is 33.4. The minimum atomic E-state index is -0.379. The van der Waals surface area contributed by atoms with Crippen molar-refractivity contribution in [3.05, 3.63) is 54.7 Å². The number of carbonyl (C=O) groups is 1. The third-order valence-corrected chi connectivity index (χ3v) is 5.55. The van der Waals surface area contributed by atoms with Gasteiger partial charge >= 0.3 is 6.09 Å². The maximum Gasteiger partial charge on any atom is 0.415 e. The van der Waals surface area contributed by atoms with Gasteiger partial charge in [0.05, 0.1) is 24.1 Å². The SMILES string of the molecule is CC(C)[C@H]1COC(=O)N1c1ccnc(NCCc2ncc(N(C)c3ccc(N)cc3)cn2)n1. The Kier molecular flexibility index (Phi) is 6.53. The molecule has 3 heterocycles. The van der Waals surface area contributed by atoms with E-state index in [9.17, 15) is 4.79 Å². The summed E-state index contributed by atoms with van der Waals surface area (Å²) in [5.74, 6) is 1.92. The molecule has 2 aromatic heterocycles. The van der Waals surface area contributed by atoms with E-state index in [-0.39, 0.29) is 18.1 Å². The highest BCUT2D eigenvalue weighted by molar-refractivity contribution is 5.89. The smallest absolute Gasteiger partial charge is 0.415 e. The molecule has 1 aliphatic heterocycles. The quantitative estimate of drug-likeness (QED) is 0.500. The zero-order chi connectivity index (χ0) is 23.4. The zero-order valence-corrected chi connectivity index (χ0v) is 19.0. The first-order valence-electron chi connectivity index (χ1n) is 10.9.